The summed E-state index contributed by atoms with van der Waals surface area (Å²) in [5.41, 5.74) is 1.06. The van der Waals surface area contributed by atoms with Gasteiger partial charge in [0.1, 0.15) is 5.75 Å². The summed E-state index contributed by atoms with van der Waals surface area (Å²) in [7, 11) is 3.61. The number of nitrogens with one attached hydrogen (secondary N) is 1. The van der Waals surface area contributed by atoms with Crippen molar-refractivity contribution in [1.29, 1.82) is 0 Å². The second-order valence-corrected chi connectivity index (χ2v) is 7.21. The Morgan fingerprint density at radius 3 is 2.76 bits per heavy atom. The first kappa shape index (κ1) is 19.7. The van der Waals surface area contributed by atoms with Crippen LogP contribution in [0.5, 0.6) is 5.75 Å². The van der Waals surface area contributed by atoms with Crippen LogP contribution in [-0.4, -0.2) is 74.8 Å². The molecule has 1 amide bonds. The second-order valence-electron chi connectivity index (χ2n) is 7.21. The molecule has 1 aromatic rings. The number of hydrogen-bond donors (Lipinski definition) is 1. The first-order valence-electron chi connectivity index (χ1n) is 8.82. The lowest BCUT2D eigenvalue weighted by atomic mass is 10.0. The summed E-state index contributed by atoms with van der Waals surface area (Å²) in [6.07, 6.45) is 0. The Bertz CT molecular complexity index is 557. The van der Waals surface area contributed by atoms with Crippen molar-refractivity contribution in [2.75, 3.05) is 53.6 Å². The molecule has 0 radical (unpaired) electrons. The Labute approximate surface area is 151 Å². The summed E-state index contributed by atoms with van der Waals surface area (Å²) in [5, 5.41) is 3.07. The zero-order chi connectivity index (χ0) is 18.3. The third-order valence-corrected chi connectivity index (χ3v) is 4.59. The third-order valence-electron chi connectivity index (χ3n) is 4.59. The van der Waals surface area contributed by atoms with E-state index in [-0.39, 0.29) is 11.4 Å². The van der Waals surface area contributed by atoms with Crippen LogP contribution >= 0.6 is 0 Å². The van der Waals surface area contributed by atoms with E-state index in [0.717, 1.165) is 37.6 Å². The fourth-order valence-corrected chi connectivity index (χ4v) is 3.03. The van der Waals surface area contributed by atoms with Gasteiger partial charge in [-0.25, -0.2) is 0 Å². The molecule has 1 N–H and O–H groups in total. The maximum atomic E-state index is 12.3. The maximum absolute atomic E-state index is 12.3. The van der Waals surface area contributed by atoms with Crippen LogP contribution in [0.1, 0.15) is 19.4 Å². The van der Waals surface area contributed by atoms with Crippen molar-refractivity contribution in [2.24, 2.45) is 0 Å². The van der Waals surface area contributed by atoms with Gasteiger partial charge in [-0.2, -0.15) is 0 Å². The fourth-order valence-electron chi connectivity index (χ4n) is 3.03. The van der Waals surface area contributed by atoms with Gasteiger partial charge >= 0.3 is 0 Å². The van der Waals surface area contributed by atoms with E-state index in [1.807, 2.05) is 36.2 Å². The van der Waals surface area contributed by atoms with Gasteiger partial charge in [-0.05, 0) is 38.6 Å². The van der Waals surface area contributed by atoms with E-state index in [1.165, 1.54) is 0 Å². The van der Waals surface area contributed by atoms with Crippen LogP contribution in [-0.2, 0) is 16.1 Å². The summed E-state index contributed by atoms with van der Waals surface area (Å²) in [5.74, 6) is 0.884. The number of carbonyl (C=O) groups excluding carboxylic acids is 1. The van der Waals surface area contributed by atoms with Crippen molar-refractivity contribution < 1.29 is 14.3 Å². The van der Waals surface area contributed by atoms with Crippen LogP contribution < -0.4 is 10.1 Å². The van der Waals surface area contributed by atoms with Crippen molar-refractivity contribution in [2.45, 2.75) is 25.9 Å². The Hall–Kier alpha value is -1.63. The molecule has 6 heteroatoms. The van der Waals surface area contributed by atoms with E-state index >= 15 is 0 Å². The molecule has 1 aromatic carbocycles. The highest BCUT2D eigenvalue weighted by Gasteiger charge is 2.28. The molecule has 0 saturated carbocycles. The third kappa shape index (κ3) is 6.30. The molecule has 2 rings (SSSR count). The minimum Gasteiger partial charge on any atom is -0.497 e. The number of nitrogens with zero attached hydrogens (tertiary/aromatic N) is 2. The molecule has 1 fully saturated rings. The van der Waals surface area contributed by atoms with Gasteiger partial charge in [-0.3, -0.25) is 14.6 Å². The van der Waals surface area contributed by atoms with Crippen LogP contribution in [0.15, 0.2) is 24.3 Å². The minimum atomic E-state index is -0.0647. The summed E-state index contributed by atoms with van der Waals surface area (Å²) in [4.78, 5) is 16.7. The van der Waals surface area contributed by atoms with Gasteiger partial charge < -0.3 is 14.8 Å². The average molecular weight is 349 g/mol. The van der Waals surface area contributed by atoms with Gasteiger partial charge in [-0.1, -0.05) is 12.1 Å². The minimum absolute atomic E-state index is 0.0479. The standard InChI is InChI=1S/C19H31N3O3/c1-19(2,22-8-10-25-11-9-22)15-20-18(23)14-21(3)13-16-6-5-7-17(12-16)24-4/h5-7,12H,8-11,13-15H2,1-4H3,(H,20,23). The number of ether oxygens (including phenoxy) is 2. The molecule has 0 atom stereocenters. The van der Waals surface area contributed by atoms with E-state index in [9.17, 15) is 4.79 Å². The monoisotopic (exact) mass is 349 g/mol. The molecule has 0 bridgehead atoms. The van der Waals surface area contributed by atoms with Gasteiger partial charge in [0.2, 0.25) is 5.91 Å². The Morgan fingerprint density at radius 1 is 1.36 bits per heavy atom. The molecule has 1 saturated heterocycles. The smallest absolute Gasteiger partial charge is 0.234 e. The number of hydrogen-bond acceptors (Lipinski definition) is 5. The molecule has 140 valence electrons. The number of likely N-dealkylation sites (N-methyl/N-ethyl adjacent to an activating group) is 1. The molecule has 0 aromatic heterocycles. The van der Waals surface area contributed by atoms with Crippen LogP contribution in [0, 0.1) is 0 Å². The number of amides is 1. The van der Waals surface area contributed by atoms with Crippen LogP contribution in [0.2, 0.25) is 0 Å². The number of benzene rings is 1. The lowest BCUT2D eigenvalue weighted by molar-refractivity contribution is -0.122. The fraction of sp³-hybridized carbons (Fsp3) is 0.632. The van der Waals surface area contributed by atoms with Gasteiger partial charge in [-0.15, -0.1) is 0 Å². The Kier molecular flexibility index (Phi) is 7.23. The predicted molar refractivity (Wildman–Crippen MR) is 98.8 cm³/mol. The maximum Gasteiger partial charge on any atom is 0.234 e. The molecule has 0 aliphatic carbocycles. The lowest BCUT2D eigenvalue weighted by Crippen LogP contribution is -2.56. The average Bonchev–Trinajstić information content (AvgIpc) is 2.61. The molecule has 25 heavy (non-hydrogen) atoms. The first-order valence-corrected chi connectivity index (χ1v) is 8.82. The molecule has 6 nitrogen and oxygen atoms in total. The molecular weight excluding hydrogens is 318 g/mol. The molecule has 1 aliphatic heterocycles. The zero-order valence-electron chi connectivity index (χ0n) is 15.9. The molecule has 0 unspecified atom stereocenters. The van der Waals surface area contributed by atoms with E-state index in [2.05, 4.69) is 24.1 Å². The summed E-state index contributed by atoms with van der Waals surface area (Å²) >= 11 is 0. The number of carbonyl (C=O) groups is 1. The predicted octanol–water partition coefficient (Wildman–Crippen LogP) is 1.35. The van der Waals surface area contributed by atoms with Gasteiger partial charge in [0.15, 0.2) is 0 Å². The van der Waals surface area contributed by atoms with Crippen molar-refractivity contribution >= 4 is 5.91 Å². The molecule has 1 aliphatic rings. The quantitative estimate of drug-likeness (QED) is 0.768. The number of methoxy groups -OCH3 is 1. The van der Waals surface area contributed by atoms with Gasteiger partial charge in [0, 0.05) is 31.7 Å². The van der Waals surface area contributed by atoms with Gasteiger partial charge in [0.25, 0.3) is 0 Å². The SMILES string of the molecule is COc1cccc(CN(C)CC(=O)NCC(C)(C)N2CCOCC2)c1. The van der Waals surface area contributed by atoms with Gasteiger partial charge in [0.05, 0.1) is 26.9 Å². The van der Waals surface area contributed by atoms with Crippen LogP contribution in [0.25, 0.3) is 0 Å². The van der Waals surface area contributed by atoms with Crippen molar-refractivity contribution in [3.63, 3.8) is 0 Å². The van der Waals surface area contributed by atoms with E-state index < -0.39 is 0 Å². The molecular formula is C19H31N3O3. The van der Waals surface area contributed by atoms with Crippen molar-refractivity contribution in [3.05, 3.63) is 29.8 Å². The molecule has 0 spiro atoms. The summed E-state index contributed by atoms with van der Waals surface area (Å²) < 4.78 is 10.6. The largest absolute Gasteiger partial charge is 0.497 e. The van der Waals surface area contributed by atoms with E-state index in [4.69, 9.17) is 9.47 Å². The highest BCUT2D eigenvalue weighted by molar-refractivity contribution is 5.78. The highest BCUT2D eigenvalue weighted by Crippen LogP contribution is 2.15. The van der Waals surface area contributed by atoms with Crippen molar-refractivity contribution in [1.82, 2.24) is 15.1 Å². The Morgan fingerprint density at radius 2 is 2.08 bits per heavy atom. The number of morpholine rings is 1. The topological polar surface area (TPSA) is 54.0 Å². The van der Waals surface area contributed by atoms with Crippen LogP contribution in [0.4, 0.5) is 0 Å². The lowest BCUT2D eigenvalue weighted by Gasteiger charge is -2.40. The Balaban J connectivity index is 1.76. The first-order chi connectivity index (χ1) is 11.9. The summed E-state index contributed by atoms with van der Waals surface area (Å²) in [6.45, 7) is 9.41. The van der Waals surface area contributed by atoms with E-state index in [0.29, 0.717) is 19.6 Å². The number of rotatable bonds is 8. The van der Waals surface area contributed by atoms with Crippen LogP contribution in [0.3, 0.4) is 0 Å². The zero-order valence-corrected chi connectivity index (χ0v) is 15.9. The van der Waals surface area contributed by atoms with Crippen molar-refractivity contribution in [3.8, 4) is 5.75 Å². The second kappa shape index (κ2) is 9.17. The molecule has 1 heterocycles. The normalized spacial score (nSPS) is 16.0. The van der Waals surface area contributed by atoms with E-state index in [1.54, 1.807) is 7.11 Å². The highest BCUT2D eigenvalue weighted by atomic mass is 16.5. The summed E-state index contributed by atoms with van der Waals surface area (Å²) in [6, 6.07) is 7.92.